The third-order valence-electron chi connectivity index (χ3n) is 1.25. The van der Waals surface area contributed by atoms with Gasteiger partial charge in [-0.1, -0.05) is 0 Å². The summed E-state index contributed by atoms with van der Waals surface area (Å²) >= 11 is 0. The van der Waals surface area contributed by atoms with Gasteiger partial charge in [0.2, 0.25) is 0 Å². The number of rotatable bonds is 6. The van der Waals surface area contributed by atoms with Gasteiger partial charge in [0.05, 0.1) is 19.8 Å². The van der Waals surface area contributed by atoms with Crippen molar-refractivity contribution >= 4 is 12.4 Å². The van der Waals surface area contributed by atoms with E-state index in [1.807, 2.05) is 0 Å². The average Bonchev–Trinajstić information content (AvgIpc) is 1.90. The molecule has 0 aromatic carbocycles. The fraction of sp³-hybridized carbons (Fsp3) is 1.00. The predicted octanol–water partition coefficient (Wildman–Crippen LogP) is -4.49. The minimum atomic E-state index is 0. The van der Waals surface area contributed by atoms with E-state index in [2.05, 4.69) is 0 Å². The summed E-state index contributed by atoms with van der Waals surface area (Å²) in [6.45, 7) is 1.75. The minimum Gasteiger partial charge on any atom is -0.870 e. The van der Waals surface area contributed by atoms with Crippen LogP contribution in [-0.4, -0.2) is 65.2 Å². The van der Waals surface area contributed by atoms with Crippen LogP contribution in [0.3, 0.4) is 0 Å². The van der Waals surface area contributed by atoms with E-state index in [4.69, 9.17) is 15.3 Å². The summed E-state index contributed by atoms with van der Waals surface area (Å²) in [5.74, 6) is 0. The van der Waals surface area contributed by atoms with E-state index in [9.17, 15) is 0 Å². The Kier molecular flexibility index (Phi) is 34.3. The van der Waals surface area contributed by atoms with Crippen LogP contribution >= 0.6 is 12.4 Å². The molecule has 0 saturated carbocycles. The largest absolute Gasteiger partial charge is 1.00 e. The van der Waals surface area contributed by atoms with Crippen LogP contribution in [0.1, 0.15) is 0 Å². The quantitative estimate of drug-likeness (QED) is 0.397. The zero-order valence-corrected chi connectivity index (χ0v) is 10.7. The fourth-order valence-corrected chi connectivity index (χ4v) is 0.760. The Hall–Kier alpha value is 1.09. The van der Waals surface area contributed by atoms with Crippen molar-refractivity contribution in [2.45, 2.75) is 0 Å². The molecule has 0 atom stereocenters. The Morgan fingerprint density at radius 1 is 0.769 bits per heavy atom. The standard InChI is InChI=1S/C6H15NO3.ClH.Na.H2O/c8-4-1-7(2-5-9)3-6-10;;;/h8-10H,1-6H2;1H;;1H2/q;;+1;/p-1. The van der Waals surface area contributed by atoms with E-state index in [-0.39, 0.29) is 67.3 Å². The van der Waals surface area contributed by atoms with E-state index >= 15 is 0 Å². The molecule has 0 aliphatic rings. The zero-order valence-electron chi connectivity index (χ0n) is 7.89. The monoisotopic (exact) mass is 225 g/mol. The Balaban J connectivity index is -0.000000135. The normalized spacial score (nSPS) is 8.31. The number of nitrogens with zero attached hydrogens (tertiary/aromatic N) is 1. The molecule has 0 aromatic heterocycles. The third kappa shape index (κ3) is 15.8. The predicted molar refractivity (Wildman–Crippen MR) is 46.9 cm³/mol. The number of aliphatic hydroxyl groups excluding tert-OH is 3. The van der Waals surface area contributed by atoms with Gasteiger partial charge in [0, 0.05) is 19.6 Å². The molecule has 0 aliphatic carbocycles. The van der Waals surface area contributed by atoms with E-state index in [1.54, 1.807) is 4.90 Å². The van der Waals surface area contributed by atoms with Crippen molar-refractivity contribution in [2.24, 2.45) is 0 Å². The molecule has 0 amide bonds. The Bertz CT molecular complexity index is 67.4. The van der Waals surface area contributed by atoms with Gasteiger partial charge in [-0.25, -0.2) is 0 Å². The van der Waals surface area contributed by atoms with Crippen molar-refractivity contribution in [1.82, 2.24) is 4.90 Å². The Labute approximate surface area is 107 Å². The van der Waals surface area contributed by atoms with Gasteiger partial charge in [-0.15, -0.1) is 12.4 Å². The van der Waals surface area contributed by atoms with Gasteiger partial charge >= 0.3 is 29.6 Å². The van der Waals surface area contributed by atoms with Gasteiger partial charge in [0.1, 0.15) is 0 Å². The smallest absolute Gasteiger partial charge is 0.870 e. The minimum absolute atomic E-state index is 0. The van der Waals surface area contributed by atoms with Gasteiger partial charge < -0.3 is 20.8 Å². The number of aliphatic hydroxyl groups is 3. The van der Waals surface area contributed by atoms with Crippen LogP contribution in [0.4, 0.5) is 0 Å². The molecule has 5 nitrogen and oxygen atoms in total. The Morgan fingerprint density at radius 2 is 1.00 bits per heavy atom. The van der Waals surface area contributed by atoms with Crippen molar-refractivity contribution in [2.75, 3.05) is 39.5 Å². The molecule has 0 saturated heterocycles. The van der Waals surface area contributed by atoms with Crippen LogP contribution in [0.15, 0.2) is 0 Å². The summed E-state index contributed by atoms with van der Waals surface area (Å²) in [7, 11) is 0. The van der Waals surface area contributed by atoms with Crippen LogP contribution in [0, 0.1) is 0 Å². The molecule has 0 unspecified atom stereocenters. The summed E-state index contributed by atoms with van der Waals surface area (Å²) < 4.78 is 0. The summed E-state index contributed by atoms with van der Waals surface area (Å²) in [4.78, 5) is 1.79. The van der Waals surface area contributed by atoms with Crippen LogP contribution < -0.4 is 29.6 Å². The molecule has 13 heavy (non-hydrogen) atoms. The van der Waals surface area contributed by atoms with Crippen LogP contribution in [0.2, 0.25) is 0 Å². The number of hydrogen-bond donors (Lipinski definition) is 3. The molecule has 4 N–H and O–H groups in total. The van der Waals surface area contributed by atoms with Crippen molar-refractivity contribution in [3.05, 3.63) is 0 Å². The van der Waals surface area contributed by atoms with Crippen molar-refractivity contribution in [3.63, 3.8) is 0 Å². The van der Waals surface area contributed by atoms with Crippen LogP contribution in [0.5, 0.6) is 0 Å². The maximum absolute atomic E-state index is 8.48. The molecular formula is C6H17ClNNaO4. The number of hydrogen-bond acceptors (Lipinski definition) is 5. The van der Waals surface area contributed by atoms with Gasteiger partial charge in [-0.05, 0) is 0 Å². The van der Waals surface area contributed by atoms with Gasteiger partial charge in [0.15, 0.2) is 0 Å². The average molecular weight is 226 g/mol. The first kappa shape index (κ1) is 23.7. The molecule has 0 bridgehead atoms. The van der Waals surface area contributed by atoms with E-state index in [1.165, 1.54) is 0 Å². The van der Waals surface area contributed by atoms with Crippen molar-refractivity contribution in [1.29, 1.82) is 0 Å². The third-order valence-corrected chi connectivity index (χ3v) is 1.25. The summed E-state index contributed by atoms with van der Waals surface area (Å²) in [6, 6.07) is 0. The molecule has 0 rings (SSSR count). The van der Waals surface area contributed by atoms with Gasteiger partial charge in [-0.3, -0.25) is 4.90 Å². The first-order chi connectivity index (χ1) is 4.85. The van der Waals surface area contributed by atoms with Crippen molar-refractivity contribution < 1.29 is 50.4 Å². The number of halogens is 1. The molecule has 0 aromatic rings. The van der Waals surface area contributed by atoms with Gasteiger partial charge in [0.25, 0.3) is 0 Å². The molecule has 0 spiro atoms. The second kappa shape index (κ2) is 18.8. The zero-order chi connectivity index (χ0) is 7.82. The summed E-state index contributed by atoms with van der Waals surface area (Å²) in [5, 5.41) is 25.5. The first-order valence-electron chi connectivity index (χ1n) is 3.40. The van der Waals surface area contributed by atoms with E-state index in [0.717, 1.165) is 0 Å². The molecule has 0 radical (unpaired) electrons. The SMILES string of the molecule is Cl.OCCN(CCO)CCO.[Na+].[OH-]. The fourth-order valence-electron chi connectivity index (χ4n) is 0.760. The molecule has 0 heterocycles. The van der Waals surface area contributed by atoms with Crippen LogP contribution in [0.25, 0.3) is 0 Å². The van der Waals surface area contributed by atoms with Gasteiger partial charge in [-0.2, -0.15) is 0 Å². The first-order valence-corrected chi connectivity index (χ1v) is 3.40. The van der Waals surface area contributed by atoms with Crippen LogP contribution in [-0.2, 0) is 0 Å². The second-order valence-electron chi connectivity index (χ2n) is 2.01. The summed E-state index contributed by atoms with van der Waals surface area (Å²) in [6.07, 6.45) is 0. The maximum Gasteiger partial charge on any atom is 1.00 e. The molecule has 0 fully saturated rings. The molecule has 0 aliphatic heterocycles. The topological polar surface area (TPSA) is 93.9 Å². The molecule has 78 valence electrons. The summed E-state index contributed by atoms with van der Waals surface area (Å²) in [5.41, 5.74) is 0. The second-order valence-corrected chi connectivity index (χ2v) is 2.01. The molecule has 7 heteroatoms. The molecular weight excluding hydrogens is 209 g/mol. The Morgan fingerprint density at radius 3 is 1.15 bits per heavy atom. The van der Waals surface area contributed by atoms with Crippen molar-refractivity contribution in [3.8, 4) is 0 Å². The van der Waals surface area contributed by atoms with E-state index < -0.39 is 0 Å². The maximum atomic E-state index is 8.48. The van der Waals surface area contributed by atoms with E-state index in [0.29, 0.717) is 19.6 Å².